The summed E-state index contributed by atoms with van der Waals surface area (Å²) < 4.78 is 52.3. The fourth-order valence-electron chi connectivity index (χ4n) is 4.27. The van der Waals surface area contributed by atoms with E-state index in [0.717, 1.165) is 34.2 Å². The zero-order chi connectivity index (χ0) is 27.8. The number of rotatable bonds is 10. The van der Waals surface area contributed by atoms with Gasteiger partial charge in [-0.15, -0.1) is 0 Å². The van der Waals surface area contributed by atoms with E-state index in [9.17, 15) is 18.0 Å². The minimum Gasteiger partial charge on any atom is -0.360 e. The van der Waals surface area contributed by atoms with Gasteiger partial charge in [0.05, 0.1) is 6.42 Å². The van der Waals surface area contributed by atoms with Crippen LogP contribution >= 0.6 is 0 Å². The molecule has 1 N–H and O–H groups in total. The molecule has 3 aromatic heterocycles. The molecule has 0 radical (unpaired) electrons. The second-order valence-corrected chi connectivity index (χ2v) is 16.9. The van der Waals surface area contributed by atoms with Gasteiger partial charge in [0.2, 0.25) is 5.91 Å². The number of nitrogens with one attached hydrogen (secondary N) is 1. The molecule has 0 bridgehead atoms. The standard InChI is InChI=1S/C27H30F3N5O3Si/c1-39(2,3)11-10-37-17-35-16-21-13-20(15-31-25(21)33-35)19-6-4-18(5-7-19)12-24(36)32-23-14-22(38-34-23)26(8-9-26)27(28,29)30/h4-7,13-16H,8-12,17H2,1-3H3,(H,32,34,36). The minimum atomic E-state index is -4.41. The van der Waals surface area contributed by atoms with E-state index >= 15 is 0 Å². The molecule has 1 amide bonds. The average molecular weight is 558 g/mol. The van der Waals surface area contributed by atoms with Gasteiger partial charge in [-0.3, -0.25) is 4.79 Å². The van der Waals surface area contributed by atoms with Crippen molar-refractivity contribution in [1.29, 1.82) is 0 Å². The summed E-state index contributed by atoms with van der Waals surface area (Å²) in [6.07, 6.45) is -0.781. The summed E-state index contributed by atoms with van der Waals surface area (Å²) in [5, 5.41) is 11.5. The number of pyridine rings is 1. The number of alkyl halides is 3. The topological polar surface area (TPSA) is 95.1 Å². The summed E-state index contributed by atoms with van der Waals surface area (Å²) >= 11 is 0. The van der Waals surface area contributed by atoms with E-state index in [1.807, 2.05) is 36.5 Å². The first-order valence-corrected chi connectivity index (χ1v) is 16.5. The van der Waals surface area contributed by atoms with Crippen molar-refractivity contribution in [3.05, 3.63) is 60.1 Å². The zero-order valence-corrected chi connectivity index (χ0v) is 23.0. The lowest BCUT2D eigenvalue weighted by Gasteiger charge is -2.15. The van der Waals surface area contributed by atoms with Gasteiger partial charge in [-0.2, -0.15) is 18.3 Å². The monoisotopic (exact) mass is 557 g/mol. The fourth-order valence-corrected chi connectivity index (χ4v) is 5.02. The molecule has 5 rings (SSSR count). The summed E-state index contributed by atoms with van der Waals surface area (Å²) in [6, 6.07) is 11.7. The third kappa shape index (κ3) is 6.22. The number of halogens is 3. The van der Waals surface area contributed by atoms with Crippen molar-refractivity contribution in [3.8, 4) is 11.1 Å². The second-order valence-electron chi connectivity index (χ2n) is 11.2. The predicted molar refractivity (Wildman–Crippen MR) is 143 cm³/mol. The van der Waals surface area contributed by atoms with E-state index in [2.05, 4.69) is 40.2 Å². The van der Waals surface area contributed by atoms with Crippen molar-refractivity contribution in [3.63, 3.8) is 0 Å². The van der Waals surface area contributed by atoms with Crippen LogP contribution in [0.15, 0.2) is 53.3 Å². The molecule has 39 heavy (non-hydrogen) atoms. The predicted octanol–water partition coefficient (Wildman–Crippen LogP) is 6.17. The lowest BCUT2D eigenvalue weighted by molar-refractivity contribution is -0.165. The Balaban J connectivity index is 1.17. The molecule has 12 heteroatoms. The average Bonchev–Trinajstić information content (AvgIpc) is 3.40. The smallest absolute Gasteiger partial charge is 0.360 e. The molecule has 0 aliphatic heterocycles. The van der Waals surface area contributed by atoms with E-state index in [-0.39, 0.29) is 30.8 Å². The first-order valence-electron chi connectivity index (χ1n) is 12.8. The van der Waals surface area contributed by atoms with Gasteiger partial charge >= 0.3 is 6.18 Å². The molecule has 0 spiro atoms. The minimum absolute atomic E-state index is 0.0245. The molecule has 0 saturated heterocycles. The highest BCUT2D eigenvalue weighted by Crippen LogP contribution is 2.59. The van der Waals surface area contributed by atoms with E-state index in [4.69, 9.17) is 9.26 Å². The normalized spacial score (nSPS) is 15.0. The Hall–Kier alpha value is -3.51. The van der Waals surface area contributed by atoms with Crippen molar-refractivity contribution >= 4 is 30.8 Å². The number of hydrogen-bond acceptors (Lipinski definition) is 6. The maximum Gasteiger partial charge on any atom is 0.401 e. The molecule has 1 saturated carbocycles. The van der Waals surface area contributed by atoms with Crippen molar-refractivity contribution in [2.24, 2.45) is 0 Å². The Morgan fingerprint density at radius 3 is 2.56 bits per heavy atom. The number of fused-ring (bicyclic) bond motifs is 1. The highest BCUT2D eigenvalue weighted by atomic mass is 28.3. The number of carbonyl (C=O) groups is 1. The first-order chi connectivity index (χ1) is 18.4. The number of carbonyl (C=O) groups excluding carboxylic acids is 1. The van der Waals surface area contributed by atoms with Crippen LogP contribution in [0.25, 0.3) is 22.2 Å². The first kappa shape index (κ1) is 27.1. The molecule has 8 nitrogen and oxygen atoms in total. The summed E-state index contributed by atoms with van der Waals surface area (Å²) in [5.74, 6) is -0.689. The Morgan fingerprint density at radius 2 is 1.90 bits per heavy atom. The van der Waals surface area contributed by atoms with Crippen molar-refractivity contribution in [2.75, 3.05) is 11.9 Å². The largest absolute Gasteiger partial charge is 0.401 e. The number of anilines is 1. The molecule has 206 valence electrons. The number of hydrogen-bond donors (Lipinski definition) is 1. The van der Waals surface area contributed by atoms with Crippen LogP contribution in [0, 0.1) is 0 Å². The van der Waals surface area contributed by atoms with Crippen LogP contribution in [0.5, 0.6) is 0 Å². The third-order valence-electron chi connectivity index (χ3n) is 6.82. The maximum atomic E-state index is 13.3. The zero-order valence-electron chi connectivity index (χ0n) is 22.0. The van der Waals surface area contributed by atoms with Crippen LogP contribution < -0.4 is 5.32 Å². The molecule has 1 aromatic carbocycles. The van der Waals surface area contributed by atoms with Crippen LogP contribution in [0.2, 0.25) is 25.7 Å². The van der Waals surface area contributed by atoms with Crippen LogP contribution in [-0.4, -0.2) is 46.7 Å². The van der Waals surface area contributed by atoms with Crippen LogP contribution in [0.4, 0.5) is 19.0 Å². The Bertz CT molecular complexity index is 1470. The lowest BCUT2D eigenvalue weighted by Crippen LogP contribution is -2.28. The summed E-state index contributed by atoms with van der Waals surface area (Å²) in [7, 11) is -1.14. The van der Waals surface area contributed by atoms with E-state index in [1.54, 1.807) is 10.9 Å². The summed E-state index contributed by atoms with van der Waals surface area (Å²) in [6.45, 7) is 8.03. The van der Waals surface area contributed by atoms with Gasteiger partial charge in [-0.25, -0.2) is 9.67 Å². The fraction of sp³-hybridized carbons (Fsp3) is 0.407. The van der Waals surface area contributed by atoms with Gasteiger partial charge in [-0.05, 0) is 36.1 Å². The van der Waals surface area contributed by atoms with E-state index in [0.29, 0.717) is 19.0 Å². The van der Waals surface area contributed by atoms with Gasteiger partial charge in [0.25, 0.3) is 0 Å². The second kappa shape index (κ2) is 10.2. The summed E-state index contributed by atoms with van der Waals surface area (Å²) in [4.78, 5) is 16.9. The Kier molecular flexibility index (Phi) is 7.10. The van der Waals surface area contributed by atoms with Crippen LogP contribution in [-0.2, 0) is 28.1 Å². The molecule has 3 heterocycles. The van der Waals surface area contributed by atoms with Crippen molar-refractivity contribution in [1.82, 2.24) is 19.9 Å². The molecular weight excluding hydrogens is 527 g/mol. The Labute approximate surface area is 224 Å². The van der Waals surface area contributed by atoms with Crippen molar-refractivity contribution in [2.45, 2.75) is 63.3 Å². The maximum absolute atomic E-state index is 13.3. The number of aromatic nitrogens is 4. The highest BCUT2D eigenvalue weighted by molar-refractivity contribution is 6.76. The molecule has 4 aromatic rings. The van der Waals surface area contributed by atoms with Gasteiger partial charge in [0.15, 0.2) is 17.2 Å². The van der Waals surface area contributed by atoms with Gasteiger partial charge in [0.1, 0.15) is 12.1 Å². The van der Waals surface area contributed by atoms with Gasteiger partial charge in [-0.1, -0.05) is 49.1 Å². The quantitative estimate of drug-likeness (QED) is 0.185. The third-order valence-corrected chi connectivity index (χ3v) is 8.52. The van der Waals surface area contributed by atoms with Crippen LogP contribution in [0.1, 0.15) is 24.2 Å². The van der Waals surface area contributed by atoms with Gasteiger partial charge < -0.3 is 14.6 Å². The molecule has 0 unspecified atom stereocenters. The molecule has 1 fully saturated rings. The molecular formula is C27H30F3N5O3Si. The molecule has 1 aliphatic carbocycles. The summed E-state index contributed by atoms with van der Waals surface area (Å²) in [5.41, 5.74) is 1.24. The number of ether oxygens (including phenoxy) is 1. The Morgan fingerprint density at radius 1 is 1.15 bits per heavy atom. The molecule has 1 aliphatic rings. The highest BCUT2D eigenvalue weighted by Gasteiger charge is 2.66. The van der Waals surface area contributed by atoms with E-state index < -0.39 is 25.6 Å². The van der Waals surface area contributed by atoms with Crippen molar-refractivity contribution < 1.29 is 27.2 Å². The molecule has 0 atom stereocenters. The lowest BCUT2D eigenvalue weighted by atomic mass is 10.0. The number of amides is 1. The van der Waals surface area contributed by atoms with Gasteiger partial charge in [0, 0.05) is 44.1 Å². The van der Waals surface area contributed by atoms with E-state index in [1.165, 1.54) is 0 Å². The SMILES string of the molecule is C[Si](C)(C)CCOCn1cc2cc(-c3ccc(CC(=O)Nc4cc(C5(C(F)(F)F)CC5)on4)cc3)cnc2n1. The number of benzene rings is 1. The van der Waals surface area contributed by atoms with Crippen LogP contribution in [0.3, 0.4) is 0 Å². The number of nitrogens with zero attached hydrogens (tertiary/aromatic N) is 4.